The van der Waals surface area contributed by atoms with Crippen molar-refractivity contribution in [3.05, 3.63) is 50.7 Å². The fourth-order valence-electron chi connectivity index (χ4n) is 3.04. The number of nitro groups is 1. The van der Waals surface area contributed by atoms with Gasteiger partial charge in [-0.05, 0) is 43.3 Å². The molecule has 1 fully saturated rings. The van der Waals surface area contributed by atoms with E-state index < -0.39 is 14.9 Å². The smallest absolute Gasteiger partial charge is 0.293 e. The molecule has 2 heterocycles. The zero-order chi connectivity index (χ0) is 18.7. The second-order valence-corrected chi connectivity index (χ2v) is 9.20. The first kappa shape index (κ1) is 18.8. The molecule has 0 spiro atoms. The van der Waals surface area contributed by atoms with Crippen molar-refractivity contribution in [3.63, 3.8) is 0 Å². The Labute approximate surface area is 156 Å². The van der Waals surface area contributed by atoms with Gasteiger partial charge in [0.25, 0.3) is 5.69 Å². The third-order valence-corrected chi connectivity index (χ3v) is 7.41. The Morgan fingerprint density at radius 1 is 1.23 bits per heavy atom. The Morgan fingerprint density at radius 2 is 1.96 bits per heavy atom. The summed E-state index contributed by atoms with van der Waals surface area (Å²) in [6.45, 7) is 2.84. The number of thiophene rings is 1. The van der Waals surface area contributed by atoms with E-state index in [1.807, 2.05) is 24.4 Å². The molecule has 1 aliphatic rings. The van der Waals surface area contributed by atoms with E-state index in [-0.39, 0.29) is 16.6 Å². The summed E-state index contributed by atoms with van der Waals surface area (Å²) in [5.74, 6) is 0. The lowest BCUT2D eigenvalue weighted by Crippen LogP contribution is -2.35. The van der Waals surface area contributed by atoms with Crippen molar-refractivity contribution in [3.8, 4) is 0 Å². The van der Waals surface area contributed by atoms with Crippen molar-refractivity contribution < 1.29 is 13.3 Å². The maximum Gasteiger partial charge on any atom is 0.293 e. The van der Waals surface area contributed by atoms with Crippen LogP contribution >= 0.6 is 11.3 Å². The molecule has 0 amide bonds. The number of sulfonamides is 1. The maximum atomic E-state index is 12.8. The highest BCUT2D eigenvalue weighted by atomic mass is 32.2. The van der Waals surface area contributed by atoms with Gasteiger partial charge in [-0.2, -0.15) is 4.31 Å². The third kappa shape index (κ3) is 3.89. The van der Waals surface area contributed by atoms with E-state index in [0.29, 0.717) is 18.8 Å². The highest BCUT2D eigenvalue weighted by Gasteiger charge is 2.28. The number of benzene rings is 1. The minimum atomic E-state index is -3.70. The Balaban J connectivity index is 1.90. The van der Waals surface area contributed by atoms with Gasteiger partial charge in [-0.3, -0.25) is 10.1 Å². The summed E-state index contributed by atoms with van der Waals surface area (Å²) >= 11 is 1.56. The van der Waals surface area contributed by atoms with Gasteiger partial charge in [0.15, 0.2) is 0 Å². The highest BCUT2D eigenvalue weighted by Crippen LogP contribution is 2.33. The Morgan fingerprint density at radius 3 is 2.58 bits per heavy atom. The molecule has 2 aromatic rings. The average molecular weight is 396 g/mol. The zero-order valence-corrected chi connectivity index (χ0v) is 16.1. The predicted molar refractivity (Wildman–Crippen MR) is 102 cm³/mol. The van der Waals surface area contributed by atoms with Crippen molar-refractivity contribution >= 4 is 32.7 Å². The minimum Gasteiger partial charge on any atom is -0.372 e. The minimum absolute atomic E-state index is 0.0274. The van der Waals surface area contributed by atoms with Crippen LogP contribution in [0.4, 0.5) is 11.4 Å². The monoisotopic (exact) mass is 395 g/mol. The first-order chi connectivity index (χ1) is 12.4. The molecular weight excluding hydrogens is 374 g/mol. The third-order valence-electron chi connectivity index (χ3n) is 4.46. The number of rotatable bonds is 6. The molecule has 1 aromatic carbocycles. The zero-order valence-electron chi connectivity index (χ0n) is 14.4. The van der Waals surface area contributed by atoms with E-state index in [1.165, 1.54) is 16.4 Å². The van der Waals surface area contributed by atoms with Crippen LogP contribution in [0.5, 0.6) is 0 Å². The van der Waals surface area contributed by atoms with Crippen molar-refractivity contribution in [1.29, 1.82) is 0 Å². The number of anilines is 1. The molecule has 140 valence electrons. The van der Waals surface area contributed by atoms with Gasteiger partial charge in [0.1, 0.15) is 5.69 Å². The normalized spacial score (nSPS) is 17.0. The van der Waals surface area contributed by atoms with Crippen LogP contribution in [0.3, 0.4) is 0 Å². The largest absolute Gasteiger partial charge is 0.372 e. The molecule has 0 aliphatic carbocycles. The molecule has 0 unspecified atom stereocenters. The van der Waals surface area contributed by atoms with Gasteiger partial charge >= 0.3 is 0 Å². The van der Waals surface area contributed by atoms with E-state index in [4.69, 9.17) is 0 Å². The lowest BCUT2D eigenvalue weighted by molar-refractivity contribution is -0.384. The number of nitrogens with one attached hydrogen (secondary N) is 1. The quantitative estimate of drug-likeness (QED) is 0.589. The molecule has 3 rings (SSSR count). The van der Waals surface area contributed by atoms with Gasteiger partial charge in [-0.1, -0.05) is 12.5 Å². The summed E-state index contributed by atoms with van der Waals surface area (Å²) < 4.78 is 26.9. The van der Waals surface area contributed by atoms with Crippen LogP contribution in [0.1, 0.15) is 37.1 Å². The molecule has 1 aromatic heterocycles. The van der Waals surface area contributed by atoms with Gasteiger partial charge in [0.05, 0.1) is 15.9 Å². The second-order valence-electron chi connectivity index (χ2n) is 6.28. The molecule has 9 heteroatoms. The SMILES string of the molecule is C[C@@H](Nc1ccc(S(=O)(=O)N2CCCCC2)cc1[N+](=O)[O-])c1cccs1. The van der Waals surface area contributed by atoms with Crippen molar-refractivity contribution in [1.82, 2.24) is 4.31 Å². The van der Waals surface area contributed by atoms with Gasteiger partial charge < -0.3 is 5.32 Å². The van der Waals surface area contributed by atoms with Gasteiger partial charge in [0.2, 0.25) is 10.0 Å². The van der Waals surface area contributed by atoms with Crippen LogP contribution in [0.15, 0.2) is 40.6 Å². The lowest BCUT2D eigenvalue weighted by Gasteiger charge is -2.26. The standard InChI is InChI=1S/C17H21N3O4S2/c1-13(17-6-5-11-25-17)18-15-8-7-14(12-16(15)20(21)22)26(23,24)19-9-3-2-4-10-19/h5-8,11-13,18H,2-4,9-10H2,1H3/t13-/m1/s1. The molecular formula is C17H21N3O4S2. The van der Waals surface area contributed by atoms with E-state index in [9.17, 15) is 18.5 Å². The Hall–Kier alpha value is -1.97. The number of hydrogen-bond acceptors (Lipinski definition) is 6. The summed E-state index contributed by atoms with van der Waals surface area (Å²) in [4.78, 5) is 12.0. The highest BCUT2D eigenvalue weighted by molar-refractivity contribution is 7.89. The van der Waals surface area contributed by atoms with Crippen molar-refractivity contribution in [2.24, 2.45) is 0 Å². The van der Waals surface area contributed by atoms with Crippen LogP contribution in [0.25, 0.3) is 0 Å². The summed E-state index contributed by atoms with van der Waals surface area (Å²) in [7, 11) is -3.70. The van der Waals surface area contributed by atoms with Crippen LogP contribution in [-0.2, 0) is 10.0 Å². The molecule has 1 saturated heterocycles. The topological polar surface area (TPSA) is 92.6 Å². The predicted octanol–water partition coefficient (Wildman–Crippen LogP) is 4.00. The summed E-state index contributed by atoms with van der Waals surface area (Å²) in [5, 5.41) is 16.6. The second kappa shape index (κ2) is 7.73. The molecule has 1 N–H and O–H groups in total. The number of hydrogen-bond donors (Lipinski definition) is 1. The van der Waals surface area contributed by atoms with Gasteiger partial charge in [-0.15, -0.1) is 11.3 Å². The lowest BCUT2D eigenvalue weighted by atomic mass is 10.2. The first-order valence-electron chi connectivity index (χ1n) is 8.48. The van der Waals surface area contributed by atoms with E-state index in [0.717, 1.165) is 30.2 Å². The summed E-state index contributed by atoms with van der Waals surface area (Å²) in [5.41, 5.74) is 0.0833. The number of nitrogens with zero attached hydrogens (tertiary/aromatic N) is 2. The fraction of sp³-hybridized carbons (Fsp3) is 0.412. The first-order valence-corrected chi connectivity index (χ1v) is 10.8. The maximum absolute atomic E-state index is 12.8. The Kier molecular flexibility index (Phi) is 5.59. The van der Waals surface area contributed by atoms with E-state index in [2.05, 4.69) is 5.32 Å². The van der Waals surface area contributed by atoms with E-state index >= 15 is 0 Å². The molecule has 0 radical (unpaired) electrons. The van der Waals surface area contributed by atoms with Gasteiger partial charge in [-0.25, -0.2) is 8.42 Å². The molecule has 0 saturated carbocycles. The Bertz CT molecular complexity index is 875. The average Bonchev–Trinajstić information content (AvgIpc) is 3.17. The van der Waals surface area contributed by atoms with Gasteiger partial charge in [0, 0.05) is 24.0 Å². The molecule has 7 nitrogen and oxygen atoms in total. The fourth-order valence-corrected chi connectivity index (χ4v) is 5.31. The number of nitro benzene ring substituents is 1. The van der Waals surface area contributed by atoms with Crippen molar-refractivity contribution in [2.45, 2.75) is 37.1 Å². The van der Waals surface area contributed by atoms with Crippen LogP contribution < -0.4 is 5.32 Å². The molecule has 0 bridgehead atoms. The van der Waals surface area contributed by atoms with Crippen LogP contribution in [0, 0.1) is 10.1 Å². The summed E-state index contributed by atoms with van der Waals surface area (Å²) in [6.07, 6.45) is 2.65. The molecule has 1 atom stereocenters. The van der Waals surface area contributed by atoms with Crippen molar-refractivity contribution in [2.75, 3.05) is 18.4 Å². The number of piperidine rings is 1. The molecule has 26 heavy (non-hydrogen) atoms. The summed E-state index contributed by atoms with van der Waals surface area (Å²) in [6, 6.07) is 7.84. The van der Waals surface area contributed by atoms with Crippen LogP contribution in [-0.4, -0.2) is 30.7 Å². The van der Waals surface area contributed by atoms with E-state index in [1.54, 1.807) is 11.3 Å². The van der Waals surface area contributed by atoms with Crippen LogP contribution in [0.2, 0.25) is 0 Å². The molecule has 1 aliphatic heterocycles.